The first-order valence-corrected chi connectivity index (χ1v) is 33.6. The molecule has 0 fully saturated rings. The van der Waals surface area contributed by atoms with Gasteiger partial charge in [-0.15, -0.1) is 0 Å². The number of rotatable bonds is 58. The lowest BCUT2D eigenvalue weighted by Crippen LogP contribution is -2.47. The number of allylic oxidation sites excluding steroid dienone is 9. The SMILES string of the molecule is CC/C=C/C/C=C/CCCCCCCCCC(=O)NC(COP(=O)([O-])OCC[N+](C)(C)C)C(/C=C\CCCCCCCCCCC)OC(=O)CCCCCCCCCCCCCCCCC/C=C\C/C=C\CCCCC. The molecule has 76 heavy (non-hydrogen) atoms. The van der Waals surface area contributed by atoms with Gasteiger partial charge in [-0.3, -0.25) is 14.2 Å². The van der Waals surface area contributed by atoms with Gasteiger partial charge in [-0.25, -0.2) is 0 Å². The summed E-state index contributed by atoms with van der Waals surface area (Å²) in [6, 6.07) is -0.892. The van der Waals surface area contributed by atoms with Crippen molar-refractivity contribution in [1.82, 2.24) is 5.32 Å². The third-order valence-electron chi connectivity index (χ3n) is 14.2. The summed E-state index contributed by atoms with van der Waals surface area (Å²) < 4.78 is 30.3. The maximum atomic E-state index is 13.5. The lowest BCUT2D eigenvalue weighted by atomic mass is 10.0. The number of likely N-dealkylation sites (N-methyl/N-ethyl adjacent to an activating group) is 1. The molecule has 0 rings (SSSR count). The Morgan fingerprint density at radius 2 is 0.842 bits per heavy atom. The summed E-state index contributed by atoms with van der Waals surface area (Å²) >= 11 is 0. The van der Waals surface area contributed by atoms with Crippen LogP contribution in [0.15, 0.2) is 60.8 Å². The van der Waals surface area contributed by atoms with Crippen LogP contribution in [0.5, 0.6) is 0 Å². The van der Waals surface area contributed by atoms with Gasteiger partial charge >= 0.3 is 5.97 Å². The number of carbonyl (C=O) groups excluding carboxylic acids is 2. The summed E-state index contributed by atoms with van der Waals surface area (Å²) in [5, 5.41) is 3.02. The van der Waals surface area contributed by atoms with Crippen molar-refractivity contribution in [3.63, 3.8) is 0 Å². The standard InChI is InChI=1S/C66H123N2O7P/c1-7-10-13-16-19-22-25-27-29-30-31-32-33-34-35-36-37-38-39-41-44-47-50-53-56-59-66(70)75-64(57-54-51-48-45-42-24-21-18-15-12-9-3)63(62-74-76(71,72)73-61-60-68(4,5)6)67-65(69)58-55-52-49-46-43-40-28-26-23-20-17-14-11-8-2/h11,14,19-20,22-23,27,29,54,57,63-64H,7-10,12-13,15-18,21,24-26,28,30-53,55-56,58-62H2,1-6H3,(H-,67,69,71,72)/b14-11+,22-19-,23-20+,29-27-,57-54-. The monoisotopic (exact) mass is 1090 g/mol. The van der Waals surface area contributed by atoms with Gasteiger partial charge < -0.3 is 28.5 Å². The number of nitrogens with zero attached hydrogens (tertiary/aromatic N) is 1. The third kappa shape index (κ3) is 56.4. The lowest BCUT2D eigenvalue weighted by molar-refractivity contribution is -0.870. The van der Waals surface area contributed by atoms with Crippen LogP contribution in [0.1, 0.15) is 297 Å². The zero-order chi connectivity index (χ0) is 55.7. The van der Waals surface area contributed by atoms with Crippen LogP contribution in [0.4, 0.5) is 0 Å². The molecule has 0 aromatic carbocycles. The second-order valence-corrected chi connectivity index (χ2v) is 24.3. The van der Waals surface area contributed by atoms with Crippen molar-refractivity contribution < 1.29 is 37.3 Å². The van der Waals surface area contributed by atoms with Gasteiger partial charge in [-0.1, -0.05) is 255 Å². The largest absolute Gasteiger partial charge is 0.756 e. The Bertz CT molecular complexity index is 1490. The minimum atomic E-state index is -4.70. The number of nitrogens with one attached hydrogen (secondary N) is 1. The van der Waals surface area contributed by atoms with Crippen molar-refractivity contribution in [2.24, 2.45) is 0 Å². The van der Waals surface area contributed by atoms with Crippen molar-refractivity contribution in [3.05, 3.63) is 60.8 Å². The van der Waals surface area contributed by atoms with Gasteiger partial charge in [0, 0.05) is 12.8 Å². The molecule has 0 saturated heterocycles. The van der Waals surface area contributed by atoms with Crippen LogP contribution in [0.3, 0.4) is 0 Å². The zero-order valence-electron chi connectivity index (χ0n) is 50.7. The van der Waals surface area contributed by atoms with Crippen molar-refractivity contribution in [3.8, 4) is 0 Å². The van der Waals surface area contributed by atoms with Crippen LogP contribution in [0.25, 0.3) is 0 Å². The summed E-state index contributed by atoms with van der Waals surface area (Å²) in [6.07, 6.45) is 70.6. The number of phosphoric acid groups is 1. The maximum absolute atomic E-state index is 13.5. The van der Waals surface area contributed by atoms with Crippen molar-refractivity contribution in [2.45, 2.75) is 309 Å². The van der Waals surface area contributed by atoms with E-state index >= 15 is 0 Å². The molecule has 9 nitrogen and oxygen atoms in total. The fourth-order valence-corrected chi connectivity index (χ4v) is 9.96. The molecule has 1 amide bonds. The number of unbranched alkanes of at least 4 members (excludes halogenated alkanes) is 34. The molecular weight excluding hydrogens is 964 g/mol. The average Bonchev–Trinajstić information content (AvgIpc) is 3.38. The van der Waals surface area contributed by atoms with Crippen molar-refractivity contribution in [1.29, 1.82) is 0 Å². The molecule has 0 aliphatic rings. The summed E-state index contributed by atoms with van der Waals surface area (Å²) in [5.74, 6) is -0.544. The first-order valence-electron chi connectivity index (χ1n) is 32.1. The number of hydrogen-bond donors (Lipinski definition) is 1. The van der Waals surface area contributed by atoms with Crippen LogP contribution < -0.4 is 10.2 Å². The fraction of sp³-hybridized carbons (Fsp3) is 0.818. The Morgan fingerprint density at radius 1 is 0.474 bits per heavy atom. The molecular formula is C66H123N2O7P. The number of quaternary nitrogens is 1. The van der Waals surface area contributed by atoms with Crippen LogP contribution in [0, 0.1) is 0 Å². The van der Waals surface area contributed by atoms with Gasteiger partial charge in [0.15, 0.2) is 0 Å². The van der Waals surface area contributed by atoms with Gasteiger partial charge in [0.1, 0.15) is 19.3 Å². The number of hydrogen-bond acceptors (Lipinski definition) is 7. The fourth-order valence-electron chi connectivity index (χ4n) is 9.24. The number of ether oxygens (including phenoxy) is 1. The minimum absolute atomic E-state index is 0.0243. The minimum Gasteiger partial charge on any atom is -0.756 e. The Kier molecular flexibility index (Phi) is 54.3. The summed E-state index contributed by atoms with van der Waals surface area (Å²) in [5.41, 5.74) is 0. The zero-order valence-corrected chi connectivity index (χ0v) is 51.6. The first-order chi connectivity index (χ1) is 36.9. The molecule has 1 N–H and O–H groups in total. The number of amides is 1. The van der Waals surface area contributed by atoms with Gasteiger partial charge in [-0.05, 0) is 89.5 Å². The molecule has 444 valence electrons. The summed E-state index contributed by atoms with van der Waals surface area (Å²) in [4.78, 5) is 40.0. The molecule has 0 radical (unpaired) electrons. The van der Waals surface area contributed by atoms with Crippen molar-refractivity contribution >= 4 is 19.7 Å². The second-order valence-electron chi connectivity index (χ2n) is 22.9. The molecule has 0 aromatic heterocycles. The molecule has 3 atom stereocenters. The van der Waals surface area contributed by atoms with E-state index < -0.39 is 26.6 Å². The maximum Gasteiger partial charge on any atom is 0.306 e. The molecule has 3 unspecified atom stereocenters. The van der Waals surface area contributed by atoms with Gasteiger partial charge in [0.05, 0.1) is 33.8 Å². The highest BCUT2D eigenvalue weighted by Crippen LogP contribution is 2.38. The molecule has 0 spiro atoms. The number of phosphoric ester groups is 1. The predicted octanol–water partition coefficient (Wildman–Crippen LogP) is 19.2. The predicted molar refractivity (Wildman–Crippen MR) is 325 cm³/mol. The Balaban J connectivity index is 5.05. The van der Waals surface area contributed by atoms with E-state index in [9.17, 15) is 19.0 Å². The van der Waals surface area contributed by atoms with Gasteiger partial charge in [0.25, 0.3) is 7.82 Å². The topological polar surface area (TPSA) is 114 Å². The first kappa shape index (κ1) is 73.7. The van der Waals surface area contributed by atoms with E-state index in [1.807, 2.05) is 33.3 Å². The highest BCUT2D eigenvalue weighted by molar-refractivity contribution is 7.45. The van der Waals surface area contributed by atoms with Gasteiger partial charge in [-0.2, -0.15) is 0 Å². The molecule has 0 heterocycles. The Morgan fingerprint density at radius 3 is 1.28 bits per heavy atom. The molecule has 0 bridgehead atoms. The average molecular weight is 1090 g/mol. The van der Waals surface area contributed by atoms with Crippen LogP contribution >= 0.6 is 7.82 Å². The van der Waals surface area contributed by atoms with E-state index in [1.54, 1.807) is 0 Å². The molecule has 0 saturated carbocycles. The summed E-state index contributed by atoms with van der Waals surface area (Å²) in [7, 11) is 1.18. The van der Waals surface area contributed by atoms with Crippen molar-refractivity contribution in [2.75, 3.05) is 40.9 Å². The molecule has 0 aliphatic heterocycles. The Labute approximate surface area is 471 Å². The van der Waals surface area contributed by atoms with Crippen LogP contribution in [-0.2, 0) is 27.9 Å². The highest BCUT2D eigenvalue weighted by Gasteiger charge is 2.27. The van der Waals surface area contributed by atoms with Crippen LogP contribution in [0.2, 0.25) is 0 Å². The second kappa shape index (κ2) is 56.0. The van der Waals surface area contributed by atoms with E-state index in [2.05, 4.69) is 74.7 Å². The van der Waals surface area contributed by atoms with E-state index in [0.717, 1.165) is 89.9 Å². The highest BCUT2D eigenvalue weighted by atomic mass is 31.2. The molecule has 0 aromatic rings. The van der Waals surface area contributed by atoms with E-state index in [4.69, 9.17) is 13.8 Å². The third-order valence-corrected chi connectivity index (χ3v) is 15.1. The van der Waals surface area contributed by atoms with E-state index in [1.165, 1.54) is 173 Å². The Hall–Kier alpha value is -2.29. The quantitative estimate of drug-likeness (QED) is 0.0212. The van der Waals surface area contributed by atoms with E-state index in [0.29, 0.717) is 17.4 Å². The van der Waals surface area contributed by atoms with E-state index in [-0.39, 0.29) is 24.9 Å². The molecule has 10 heteroatoms. The lowest BCUT2D eigenvalue weighted by Gasteiger charge is -2.30. The van der Waals surface area contributed by atoms with Crippen LogP contribution in [-0.4, -0.2) is 69.4 Å². The summed E-state index contributed by atoms with van der Waals surface area (Å²) in [6.45, 7) is 6.72. The number of carbonyl (C=O) groups is 2. The smallest absolute Gasteiger partial charge is 0.306 e. The number of esters is 1. The van der Waals surface area contributed by atoms with Gasteiger partial charge in [0.2, 0.25) is 5.91 Å². The molecule has 0 aliphatic carbocycles. The normalized spacial score (nSPS) is 14.0.